The molecule has 5 amide bonds. The highest BCUT2D eigenvalue weighted by Crippen LogP contribution is 2.12. The second-order valence-corrected chi connectivity index (χ2v) is 12.2. The summed E-state index contributed by atoms with van der Waals surface area (Å²) in [6.45, 7) is 5.28. The standard InChI is InChI=1S/C34H45N5O7/c1-21(2)18-26-32(44)35-22(3)31(43)38-28(20-24-12-8-5-9-13-24)33(45)36-25(15-17-30(41)42)14-16-29(40)37-27(34(46)39-26)19-23-10-6-4-7-11-23/h4-13,21-22,25-28H,14-20H2,1-3H3,(H,35,44)(H,36,45)(H,37,40)(H,38,43)(H,39,46)(H,41,42)/t22-,25-,26-,27-,28-/m0/s1. The van der Waals surface area contributed by atoms with Crippen LogP contribution in [-0.4, -0.2) is 70.8 Å². The highest BCUT2D eigenvalue weighted by atomic mass is 16.4. The summed E-state index contributed by atoms with van der Waals surface area (Å²) in [5.41, 5.74) is 1.57. The van der Waals surface area contributed by atoms with Gasteiger partial charge in [0.25, 0.3) is 0 Å². The lowest BCUT2D eigenvalue weighted by Crippen LogP contribution is -2.58. The van der Waals surface area contributed by atoms with E-state index in [4.69, 9.17) is 0 Å². The van der Waals surface area contributed by atoms with Crippen LogP contribution in [0.15, 0.2) is 60.7 Å². The number of carbonyl (C=O) groups excluding carboxylic acids is 5. The molecule has 1 fully saturated rings. The van der Waals surface area contributed by atoms with E-state index in [1.807, 2.05) is 62.4 Å². The van der Waals surface area contributed by atoms with Gasteiger partial charge in [-0.15, -0.1) is 0 Å². The third-order valence-corrected chi connectivity index (χ3v) is 7.72. The van der Waals surface area contributed by atoms with E-state index in [9.17, 15) is 33.9 Å². The van der Waals surface area contributed by atoms with E-state index in [-0.39, 0.29) is 50.9 Å². The zero-order chi connectivity index (χ0) is 33.6. The molecule has 12 heteroatoms. The summed E-state index contributed by atoms with van der Waals surface area (Å²) in [4.78, 5) is 78.5. The molecule has 0 aliphatic carbocycles. The van der Waals surface area contributed by atoms with E-state index < -0.39 is 65.7 Å². The number of carboxylic acid groups (broad SMARTS) is 1. The molecule has 1 aliphatic rings. The van der Waals surface area contributed by atoms with Crippen molar-refractivity contribution in [1.82, 2.24) is 26.6 Å². The molecule has 0 radical (unpaired) electrons. The Morgan fingerprint density at radius 3 is 1.76 bits per heavy atom. The summed E-state index contributed by atoms with van der Waals surface area (Å²) < 4.78 is 0. The van der Waals surface area contributed by atoms with E-state index in [2.05, 4.69) is 26.6 Å². The van der Waals surface area contributed by atoms with Gasteiger partial charge in [0, 0.05) is 31.7 Å². The Kier molecular flexibility index (Phi) is 13.7. The number of carbonyl (C=O) groups is 6. The first-order valence-electron chi connectivity index (χ1n) is 15.7. The molecule has 3 rings (SSSR count). The second kappa shape index (κ2) is 17.7. The van der Waals surface area contributed by atoms with Crippen molar-refractivity contribution in [2.45, 2.75) is 95.9 Å². The largest absolute Gasteiger partial charge is 0.481 e. The molecule has 248 valence electrons. The van der Waals surface area contributed by atoms with E-state index in [1.165, 1.54) is 6.92 Å². The van der Waals surface area contributed by atoms with Gasteiger partial charge < -0.3 is 31.7 Å². The van der Waals surface area contributed by atoms with Crippen LogP contribution in [0.4, 0.5) is 0 Å². The Bertz CT molecular complexity index is 1350. The van der Waals surface area contributed by atoms with Crippen molar-refractivity contribution in [3.05, 3.63) is 71.8 Å². The predicted molar refractivity (Wildman–Crippen MR) is 171 cm³/mol. The number of hydrogen-bond donors (Lipinski definition) is 6. The van der Waals surface area contributed by atoms with Gasteiger partial charge in [-0.25, -0.2) is 0 Å². The summed E-state index contributed by atoms with van der Waals surface area (Å²) in [7, 11) is 0. The van der Waals surface area contributed by atoms with Crippen molar-refractivity contribution in [2.75, 3.05) is 0 Å². The van der Waals surface area contributed by atoms with Crippen LogP contribution < -0.4 is 26.6 Å². The molecule has 1 aliphatic heterocycles. The molecule has 0 spiro atoms. The Morgan fingerprint density at radius 1 is 0.717 bits per heavy atom. The van der Waals surface area contributed by atoms with Crippen molar-refractivity contribution < 1.29 is 33.9 Å². The van der Waals surface area contributed by atoms with Gasteiger partial charge in [0.15, 0.2) is 0 Å². The maximum Gasteiger partial charge on any atom is 0.303 e. The number of rotatable bonds is 9. The number of hydrogen-bond acceptors (Lipinski definition) is 6. The van der Waals surface area contributed by atoms with E-state index in [0.29, 0.717) is 0 Å². The predicted octanol–water partition coefficient (Wildman–Crippen LogP) is 1.62. The molecule has 12 nitrogen and oxygen atoms in total. The van der Waals surface area contributed by atoms with Crippen molar-refractivity contribution >= 4 is 35.5 Å². The Balaban J connectivity index is 1.95. The highest BCUT2D eigenvalue weighted by Gasteiger charge is 2.31. The van der Waals surface area contributed by atoms with E-state index in [1.54, 1.807) is 12.1 Å². The molecular weight excluding hydrogens is 590 g/mol. The average molecular weight is 636 g/mol. The van der Waals surface area contributed by atoms with Crippen LogP contribution in [0.1, 0.15) is 64.0 Å². The number of amides is 5. The summed E-state index contributed by atoms with van der Waals surface area (Å²) >= 11 is 0. The van der Waals surface area contributed by atoms with Crippen LogP contribution in [0, 0.1) is 5.92 Å². The van der Waals surface area contributed by atoms with Crippen LogP contribution in [0.3, 0.4) is 0 Å². The third-order valence-electron chi connectivity index (χ3n) is 7.72. The van der Waals surface area contributed by atoms with Gasteiger partial charge in [0.2, 0.25) is 29.5 Å². The van der Waals surface area contributed by atoms with Gasteiger partial charge in [0.05, 0.1) is 0 Å². The number of carboxylic acids is 1. The van der Waals surface area contributed by atoms with Crippen molar-refractivity contribution in [1.29, 1.82) is 0 Å². The maximum atomic E-state index is 13.6. The zero-order valence-corrected chi connectivity index (χ0v) is 26.6. The van der Waals surface area contributed by atoms with Gasteiger partial charge in [-0.05, 0) is 43.2 Å². The zero-order valence-electron chi connectivity index (χ0n) is 26.6. The lowest BCUT2D eigenvalue weighted by molar-refractivity contribution is -0.137. The van der Waals surface area contributed by atoms with E-state index in [0.717, 1.165) is 11.1 Å². The average Bonchev–Trinajstić information content (AvgIpc) is 3.01. The van der Waals surface area contributed by atoms with Crippen molar-refractivity contribution in [3.63, 3.8) is 0 Å². The van der Waals surface area contributed by atoms with Gasteiger partial charge in [0.1, 0.15) is 24.2 Å². The maximum absolute atomic E-state index is 13.6. The number of aliphatic carboxylic acids is 1. The van der Waals surface area contributed by atoms with Gasteiger partial charge in [-0.3, -0.25) is 28.8 Å². The number of nitrogens with one attached hydrogen (secondary N) is 5. The van der Waals surface area contributed by atoms with Gasteiger partial charge in [-0.2, -0.15) is 0 Å². The minimum atomic E-state index is -1.06. The van der Waals surface area contributed by atoms with Crippen molar-refractivity contribution in [3.8, 4) is 0 Å². The number of benzene rings is 2. The van der Waals surface area contributed by atoms with Crippen LogP contribution in [0.5, 0.6) is 0 Å². The Morgan fingerprint density at radius 2 is 1.22 bits per heavy atom. The Labute approximate surface area is 269 Å². The molecule has 1 heterocycles. The molecule has 2 aromatic carbocycles. The normalized spacial score (nSPS) is 23.7. The molecule has 1 saturated heterocycles. The topological polar surface area (TPSA) is 183 Å². The SMILES string of the molecule is CC(C)C[C@@H]1NC(=O)[C@H](Cc2ccccc2)NC(=O)CC[C@@H](CCC(=O)O)NC(=O)[C@H](Cc2ccccc2)NC(=O)[C@H](C)NC1=O. The summed E-state index contributed by atoms with van der Waals surface area (Å²) in [5, 5.41) is 23.1. The Hall–Kier alpha value is -4.74. The van der Waals surface area contributed by atoms with E-state index >= 15 is 0 Å². The lowest BCUT2D eigenvalue weighted by Gasteiger charge is -2.26. The molecule has 0 bridgehead atoms. The minimum absolute atomic E-state index is 0.0122. The fourth-order valence-electron chi connectivity index (χ4n) is 5.23. The summed E-state index contributed by atoms with van der Waals surface area (Å²) in [5.74, 6) is -3.80. The van der Waals surface area contributed by atoms with Gasteiger partial charge >= 0.3 is 5.97 Å². The summed E-state index contributed by atoms with van der Waals surface area (Å²) in [6.07, 6.45) is 0.377. The molecule has 6 N–H and O–H groups in total. The molecule has 2 aromatic rings. The quantitative estimate of drug-likeness (QED) is 0.242. The van der Waals surface area contributed by atoms with Crippen LogP contribution in [0.2, 0.25) is 0 Å². The van der Waals surface area contributed by atoms with Crippen LogP contribution >= 0.6 is 0 Å². The highest BCUT2D eigenvalue weighted by molar-refractivity contribution is 5.95. The van der Waals surface area contributed by atoms with Crippen LogP contribution in [0.25, 0.3) is 0 Å². The smallest absolute Gasteiger partial charge is 0.303 e. The first-order chi connectivity index (χ1) is 21.9. The molecule has 46 heavy (non-hydrogen) atoms. The van der Waals surface area contributed by atoms with Gasteiger partial charge in [-0.1, -0.05) is 74.5 Å². The van der Waals surface area contributed by atoms with Crippen LogP contribution in [-0.2, 0) is 41.6 Å². The monoisotopic (exact) mass is 635 g/mol. The first kappa shape index (κ1) is 35.7. The molecule has 0 saturated carbocycles. The molecule has 5 atom stereocenters. The minimum Gasteiger partial charge on any atom is -0.481 e. The first-order valence-corrected chi connectivity index (χ1v) is 15.7. The lowest BCUT2D eigenvalue weighted by atomic mass is 10.0. The van der Waals surface area contributed by atoms with Crippen molar-refractivity contribution in [2.24, 2.45) is 5.92 Å². The fraction of sp³-hybridized carbons (Fsp3) is 0.471. The summed E-state index contributed by atoms with van der Waals surface area (Å²) in [6, 6.07) is 13.4. The third kappa shape index (κ3) is 12.0. The second-order valence-electron chi connectivity index (χ2n) is 12.2. The molecule has 0 aromatic heterocycles. The molecule has 0 unspecified atom stereocenters. The molecular formula is C34H45N5O7. The fourth-order valence-corrected chi connectivity index (χ4v) is 5.23.